The van der Waals surface area contributed by atoms with Crippen molar-refractivity contribution < 1.29 is 18.3 Å². The van der Waals surface area contributed by atoms with E-state index >= 15 is 0 Å². The summed E-state index contributed by atoms with van der Waals surface area (Å²) in [5.41, 5.74) is 0.473. The maximum Gasteiger partial charge on any atom is 0.322 e. The lowest BCUT2D eigenvalue weighted by Gasteiger charge is -2.15. The Kier molecular flexibility index (Phi) is 5.68. The highest BCUT2D eigenvalue weighted by molar-refractivity contribution is 7.89. The van der Waals surface area contributed by atoms with Gasteiger partial charge in [0, 0.05) is 6.42 Å². The predicted octanol–water partition coefficient (Wildman–Crippen LogP) is 0.471. The van der Waals surface area contributed by atoms with Gasteiger partial charge in [0.1, 0.15) is 18.7 Å². The predicted molar refractivity (Wildman–Crippen MR) is 85.4 cm³/mol. The number of hydrogen-bond acceptors (Lipinski definition) is 5. The van der Waals surface area contributed by atoms with E-state index in [1.54, 1.807) is 25.1 Å². The van der Waals surface area contributed by atoms with Crippen LogP contribution in [0, 0.1) is 11.8 Å². The number of rotatable bonds is 7. The van der Waals surface area contributed by atoms with Gasteiger partial charge >= 0.3 is 5.97 Å². The zero-order valence-electron chi connectivity index (χ0n) is 12.9. The van der Waals surface area contributed by atoms with Crippen LogP contribution in [0.4, 0.5) is 0 Å². The van der Waals surface area contributed by atoms with Crippen LogP contribution in [-0.4, -0.2) is 40.3 Å². The molecule has 0 saturated heterocycles. The number of carboxylic acids is 1. The van der Waals surface area contributed by atoms with Crippen LogP contribution in [0.3, 0.4) is 0 Å². The molecule has 24 heavy (non-hydrogen) atoms. The Balaban J connectivity index is 2.31. The van der Waals surface area contributed by atoms with Gasteiger partial charge in [0.05, 0.1) is 11.4 Å². The zero-order chi connectivity index (χ0) is 17.6. The molecule has 2 aromatic rings. The molecular formula is C15H16N4O4S. The molecule has 2 N–H and O–H groups in total. The van der Waals surface area contributed by atoms with Crippen molar-refractivity contribution in [2.24, 2.45) is 0 Å². The molecule has 0 radical (unpaired) electrons. The molecule has 0 aliphatic carbocycles. The molecule has 0 aliphatic rings. The Bertz CT molecular complexity index is 866. The highest BCUT2D eigenvalue weighted by Gasteiger charge is 2.26. The van der Waals surface area contributed by atoms with Crippen LogP contribution < -0.4 is 4.72 Å². The fraction of sp³-hybridized carbons (Fsp3) is 0.267. The highest BCUT2D eigenvalue weighted by atomic mass is 32.2. The van der Waals surface area contributed by atoms with Crippen molar-refractivity contribution in [3.63, 3.8) is 0 Å². The Morgan fingerprint density at radius 2 is 2.17 bits per heavy atom. The van der Waals surface area contributed by atoms with Crippen molar-refractivity contribution in [3.8, 4) is 11.8 Å². The van der Waals surface area contributed by atoms with Gasteiger partial charge in [-0.2, -0.15) is 9.82 Å². The quantitative estimate of drug-likeness (QED) is 0.703. The number of sulfonamides is 1. The third-order valence-corrected chi connectivity index (χ3v) is 4.71. The van der Waals surface area contributed by atoms with E-state index in [1.165, 1.54) is 23.4 Å². The van der Waals surface area contributed by atoms with Crippen LogP contribution in [0.2, 0.25) is 0 Å². The average Bonchev–Trinajstić information content (AvgIpc) is 3.04. The molecule has 9 heteroatoms. The van der Waals surface area contributed by atoms with Gasteiger partial charge in [-0.3, -0.25) is 4.79 Å². The highest BCUT2D eigenvalue weighted by Crippen LogP contribution is 2.17. The largest absolute Gasteiger partial charge is 0.480 e. The molecule has 1 unspecified atom stereocenters. The first-order chi connectivity index (χ1) is 11.4. The van der Waals surface area contributed by atoms with Gasteiger partial charge < -0.3 is 5.11 Å². The van der Waals surface area contributed by atoms with Crippen molar-refractivity contribution in [2.45, 2.75) is 30.8 Å². The number of carboxylic acid groups (broad SMARTS) is 1. The van der Waals surface area contributed by atoms with E-state index in [2.05, 4.69) is 26.6 Å². The third kappa shape index (κ3) is 4.41. The first-order valence-corrected chi connectivity index (χ1v) is 8.47. The van der Waals surface area contributed by atoms with E-state index in [0.29, 0.717) is 5.56 Å². The molecule has 0 bridgehead atoms. The summed E-state index contributed by atoms with van der Waals surface area (Å²) >= 11 is 0. The normalized spacial score (nSPS) is 12.2. The lowest BCUT2D eigenvalue weighted by molar-refractivity contribution is -0.138. The number of aliphatic carboxylic acids is 1. The molecule has 2 rings (SSSR count). The van der Waals surface area contributed by atoms with E-state index in [1.807, 2.05) is 0 Å². The molecule has 1 atom stereocenters. The average molecular weight is 348 g/mol. The van der Waals surface area contributed by atoms with Gasteiger partial charge in [-0.05, 0) is 18.6 Å². The molecule has 1 aromatic heterocycles. The maximum absolute atomic E-state index is 12.6. The number of nitrogens with one attached hydrogen (secondary N) is 1. The number of hydrogen-bond donors (Lipinski definition) is 2. The second kappa shape index (κ2) is 7.72. The van der Waals surface area contributed by atoms with Gasteiger partial charge in [-0.1, -0.05) is 18.2 Å². The summed E-state index contributed by atoms with van der Waals surface area (Å²) in [6.07, 6.45) is 2.70. The fourth-order valence-electron chi connectivity index (χ4n) is 2.02. The monoisotopic (exact) mass is 348 g/mol. The lowest BCUT2D eigenvalue weighted by atomic mass is 10.2. The molecule has 0 amide bonds. The minimum absolute atomic E-state index is 0.00351. The third-order valence-electron chi connectivity index (χ3n) is 3.14. The van der Waals surface area contributed by atoms with Crippen LogP contribution in [0.25, 0.3) is 0 Å². The van der Waals surface area contributed by atoms with E-state index in [0.717, 1.165) is 0 Å². The summed E-state index contributed by atoms with van der Waals surface area (Å²) in [5.74, 6) is 3.85. The molecule has 0 aliphatic heterocycles. The Hall–Kier alpha value is -2.70. The van der Waals surface area contributed by atoms with Crippen LogP contribution >= 0.6 is 0 Å². The first kappa shape index (κ1) is 17.7. The summed E-state index contributed by atoms with van der Waals surface area (Å²) in [6.45, 7) is 1.75. The minimum atomic E-state index is -4.03. The van der Waals surface area contributed by atoms with Gasteiger partial charge in [0.2, 0.25) is 10.0 Å². The zero-order valence-corrected chi connectivity index (χ0v) is 13.7. The molecule has 0 fully saturated rings. The summed E-state index contributed by atoms with van der Waals surface area (Å²) in [6, 6.07) is 5.00. The molecular weight excluding hydrogens is 332 g/mol. The van der Waals surface area contributed by atoms with Crippen molar-refractivity contribution in [1.29, 1.82) is 0 Å². The molecule has 126 valence electrons. The Morgan fingerprint density at radius 3 is 2.79 bits per heavy atom. The van der Waals surface area contributed by atoms with Crippen molar-refractivity contribution in [1.82, 2.24) is 19.5 Å². The summed E-state index contributed by atoms with van der Waals surface area (Å²) in [7, 11) is -4.03. The molecule has 0 spiro atoms. The summed E-state index contributed by atoms with van der Waals surface area (Å²) in [5, 5.41) is 13.1. The smallest absolute Gasteiger partial charge is 0.322 e. The van der Waals surface area contributed by atoms with Crippen LogP contribution in [0.5, 0.6) is 0 Å². The fourth-order valence-corrected chi connectivity index (χ4v) is 3.44. The molecule has 8 nitrogen and oxygen atoms in total. The van der Waals surface area contributed by atoms with Gasteiger partial charge in [0.25, 0.3) is 0 Å². The second-order valence-corrected chi connectivity index (χ2v) is 6.53. The standard InChI is InChI=1S/C15H16N4O4S/c1-2-3-7-13(15(20)21)18-24(22,23)14-8-5-4-6-12(14)9-19-11-16-10-17-19/h4-6,8,10-11,13,18H,7,9H2,1H3,(H,20,21). The topological polar surface area (TPSA) is 114 Å². The van der Waals surface area contributed by atoms with Gasteiger partial charge in [0.15, 0.2) is 0 Å². The van der Waals surface area contributed by atoms with Crippen LogP contribution in [0.15, 0.2) is 41.8 Å². The maximum atomic E-state index is 12.6. The van der Waals surface area contributed by atoms with Gasteiger partial charge in [-0.15, -0.1) is 11.8 Å². The Morgan fingerprint density at radius 1 is 1.42 bits per heavy atom. The molecule has 1 heterocycles. The molecule has 1 aromatic carbocycles. The van der Waals surface area contributed by atoms with E-state index in [-0.39, 0.29) is 17.9 Å². The first-order valence-electron chi connectivity index (χ1n) is 6.99. The second-order valence-electron chi connectivity index (χ2n) is 4.84. The van der Waals surface area contributed by atoms with Crippen molar-refractivity contribution in [2.75, 3.05) is 0 Å². The summed E-state index contributed by atoms with van der Waals surface area (Å²) < 4.78 is 28.8. The van der Waals surface area contributed by atoms with E-state index in [9.17, 15) is 13.2 Å². The SMILES string of the molecule is CC#CCC(NS(=O)(=O)c1ccccc1Cn1cncn1)C(=O)O. The van der Waals surface area contributed by atoms with Crippen LogP contribution in [-0.2, 0) is 21.4 Å². The van der Waals surface area contributed by atoms with Crippen molar-refractivity contribution in [3.05, 3.63) is 42.5 Å². The van der Waals surface area contributed by atoms with E-state index < -0.39 is 22.0 Å². The minimum Gasteiger partial charge on any atom is -0.480 e. The summed E-state index contributed by atoms with van der Waals surface area (Å²) in [4.78, 5) is 15.0. The van der Waals surface area contributed by atoms with E-state index in [4.69, 9.17) is 5.11 Å². The molecule has 0 saturated carbocycles. The number of benzene rings is 1. The lowest BCUT2D eigenvalue weighted by Crippen LogP contribution is -2.40. The Labute approximate surface area is 139 Å². The number of aromatic nitrogens is 3. The van der Waals surface area contributed by atoms with Crippen LogP contribution in [0.1, 0.15) is 18.9 Å². The van der Waals surface area contributed by atoms with Crippen molar-refractivity contribution >= 4 is 16.0 Å². The number of carbonyl (C=O) groups is 1. The van der Waals surface area contributed by atoms with Gasteiger partial charge in [-0.25, -0.2) is 18.1 Å². The number of nitrogens with zero attached hydrogens (tertiary/aromatic N) is 3.